The van der Waals surface area contributed by atoms with Gasteiger partial charge in [0, 0.05) is 0 Å². The Morgan fingerprint density at radius 3 is 2.47 bits per heavy atom. The molecule has 0 saturated carbocycles. The Balaban J connectivity index is 2.63. The topological polar surface area (TPSA) is 75.6 Å². The molecule has 2 atom stereocenters. The highest BCUT2D eigenvalue weighted by Gasteiger charge is 2.39. The van der Waals surface area contributed by atoms with Crippen molar-refractivity contribution in [3.05, 3.63) is 0 Å². The van der Waals surface area contributed by atoms with E-state index >= 15 is 0 Å². The fraction of sp³-hybridized carbons (Fsp3) is 0.800. The van der Waals surface area contributed by atoms with E-state index in [1.807, 2.05) is 0 Å². The normalized spacial score (nSPS) is 26.3. The Morgan fingerprint density at radius 2 is 2.00 bits per heavy atom. The summed E-state index contributed by atoms with van der Waals surface area (Å²) < 4.78 is 5.16. The van der Waals surface area contributed by atoms with Gasteiger partial charge in [0.15, 0.2) is 0 Å². The predicted molar refractivity (Wildman–Crippen MR) is 53.4 cm³/mol. The van der Waals surface area contributed by atoms with Gasteiger partial charge in [-0.3, -0.25) is 9.59 Å². The first-order chi connectivity index (χ1) is 6.81. The first kappa shape index (κ1) is 12.0. The van der Waals surface area contributed by atoms with Crippen molar-refractivity contribution in [3.63, 3.8) is 0 Å². The lowest BCUT2D eigenvalue weighted by atomic mass is 10.0. The number of rotatable bonds is 2. The molecule has 0 spiro atoms. The summed E-state index contributed by atoms with van der Waals surface area (Å²) in [5.41, 5.74) is -0.567. The maximum absolute atomic E-state index is 11.7. The number of esters is 1. The molecular weight excluding hydrogens is 198 g/mol. The minimum absolute atomic E-state index is 0.431. The number of nitrogens with one attached hydrogen (secondary N) is 1. The van der Waals surface area contributed by atoms with Crippen LogP contribution < -0.4 is 5.32 Å². The molecule has 86 valence electrons. The van der Waals surface area contributed by atoms with Crippen LogP contribution in [0.4, 0.5) is 0 Å². The second kappa shape index (κ2) is 4.18. The highest BCUT2D eigenvalue weighted by Crippen LogP contribution is 2.20. The molecule has 2 N–H and O–H groups in total. The third-order valence-corrected chi connectivity index (χ3v) is 2.20. The molecule has 5 heteroatoms. The van der Waals surface area contributed by atoms with Gasteiger partial charge < -0.3 is 15.2 Å². The molecule has 0 radical (unpaired) electrons. The maximum Gasteiger partial charge on any atom is 0.321 e. The van der Waals surface area contributed by atoms with Crippen LogP contribution in [0.15, 0.2) is 0 Å². The summed E-state index contributed by atoms with van der Waals surface area (Å²) in [4.78, 5) is 22.5. The van der Waals surface area contributed by atoms with E-state index in [1.165, 1.54) is 0 Å². The molecule has 15 heavy (non-hydrogen) atoms. The lowest BCUT2D eigenvalue weighted by Crippen LogP contribution is -2.41. The second-order valence-electron chi connectivity index (χ2n) is 4.70. The van der Waals surface area contributed by atoms with Crippen LogP contribution in [0.3, 0.4) is 0 Å². The minimum atomic E-state index is -0.997. The standard InChI is InChI=1S/C10H17NO4/c1-10(2,3)15-9(14)6-4-5-11-7(6)8(12)13/h6-7,11H,4-5H2,1-3H3,(H,12,13)/t6?,7-/m0/s1. The van der Waals surface area contributed by atoms with Gasteiger partial charge in [-0.15, -0.1) is 0 Å². The van der Waals surface area contributed by atoms with Gasteiger partial charge in [-0.2, -0.15) is 0 Å². The van der Waals surface area contributed by atoms with Gasteiger partial charge in [0.25, 0.3) is 0 Å². The van der Waals surface area contributed by atoms with Gasteiger partial charge in [-0.1, -0.05) is 0 Å². The first-order valence-corrected chi connectivity index (χ1v) is 5.00. The molecule has 1 saturated heterocycles. The molecule has 0 aromatic carbocycles. The molecule has 0 aromatic rings. The van der Waals surface area contributed by atoms with E-state index in [1.54, 1.807) is 20.8 Å². The molecule has 0 amide bonds. The van der Waals surface area contributed by atoms with Crippen LogP contribution in [-0.2, 0) is 14.3 Å². The molecule has 0 bridgehead atoms. The van der Waals surface area contributed by atoms with E-state index in [2.05, 4.69) is 5.32 Å². The van der Waals surface area contributed by atoms with Gasteiger partial charge in [0.2, 0.25) is 0 Å². The number of aliphatic carboxylic acids is 1. The molecule has 1 aliphatic rings. The summed E-state index contributed by atoms with van der Waals surface area (Å²) in [5.74, 6) is -2.00. The summed E-state index contributed by atoms with van der Waals surface area (Å²) in [6.45, 7) is 5.84. The van der Waals surface area contributed by atoms with E-state index in [9.17, 15) is 9.59 Å². The largest absolute Gasteiger partial charge is 0.480 e. The van der Waals surface area contributed by atoms with Crippen molar-refractivity contribution in [3.8, 4) is 0 Å². The van der Waals surface area contributed by atoms with Crippen LogP contribution in [-0.4, -0.2) is 35.2 Å². The maximum atomic E-state index is 11.7. The average molecular weight is 215 g/mol. The SMILES string of the molecule is CC(C)(C)OC(=O)C1CCN[C@@H]1C(=O)O. The van der Waals surface area contributed by atoms with Gasteiger partial charge in [0.1, 0.15) is 11.6 Å². The van der Waals surface area contributed by atoms with Crippen LogP contribution in [0, 0.1) is 5.92 Å². The minimum Gasteiger partial charge on any atom is -0.480 e. The van der Waals surface area contributed by atoms with Crippen LogP contribution in [0.2, 0.25) is 0 Å². The van der Waals surface area contributed by atoms with E-state index in [0.717, 1.165) is 0 Å². The molecule has 5 nitrogen and oxygen atoms in total. The van der Waals surface area contributed by atoms with Crippen molar-refractivity contribution in [2.24, 2.45) is 5.92 Å². The third kappa shape index (κ3) is 3.20. The highest BCUT2D eigenvalue weighted by atomic mass is 16.6. The zero-order valence-corrected chi connectivity index (χ0v) is 9.24. The Kier molecular flexibility index (Phi) is 3.34. The summed E-state index contributed by atoms with van der Waals surface area (Å²) >= 11 is 0. The highest BCUT2D eigenvalue weighted by molar-refractivity contribution is 5.84. The summed E-state index contributed by atoms with van der Waals surface area (Å²) in [5, 5.41) is 11.6. The quantitative estimate of drug-likeness (QED) is 0.652. The molecule has 1 aliphatic heterocycles. The monoisotopic (exact) mass is 215 g/mol. The first-order valence-electron chi connectivity index (χ1n) is 5.00. The number of ether oxygens (including phenoxy) is 1. The summed E-state index contributed by atoms with van der Waals surface area (Å²) in [6, 6.07) is -0.806. The fourth-order valence-corrected chi connectivity index (χ4v) is 1.59. The lowest BCUT2D eigenvalue weighted by Gasteiger charge is -2.23. The van der Waals surface area contributed by atoms with Crippen molar-refractivity contribution < 1.29 is 19.4 Å². The summed E-state index contributed by atoms with van der Waals surface area (Å²) in [7, 11) is 0. The van der Waals surface area contributed by atoms with E-state index in [0.29, 0.717) is 13.0 Å². The lowest BCUT2D eigenvalue weighted by molar-refractivity contribution is -0.163. The number of hydrogen-bond donors (Lipinski definition) is 2. The fourth-order valence-electron chi connectivity index (χ4n) is 1.59. The van der Waals surface area contributed by atoms with Gasteiger partial charge in [0.05, 0.1) is 5.92 Å². The van der Waals surface area contributed by atoms with Crippen LogP contribution >= 0.6 is 0 Å². The van der Waals surface area contributed by atoms with Crippen LogP contribution in [0.25, 0.3) is 0 Å². The molecule has 1 rings (SSSR count). The Labute approximate surface area is 88.8 Å². The number of hydrogen-bond acceptors (Lipinski definition) is 4. The van der Waals surface area contributed by atoms with Crippen LogP contribution in [0.5, 0.6) is 0 Å². The zero-order valence-electron chi connectivity index (χ0n) is 9.24. The zero-order chi connectivity index (χ0) is 11.6. The smallest absolute Gasteiger partial charge is 0.321 e. The second-order valence-corrected chi connectivity index (χ2v) is 4.70. The Hall–Kier alpha value is -1.10. The number of carboxylic acids is 1. The van der Waals surface area contributed by atoms with Crippen LogP contribution in [0.1, 0.15) is 27.2 Å². The Bertz CT molecular complexity index is 269. The molecular formula is C10H17NO4. The molecule has 0 aromatic heterocycles. The summed E-state index contributed by atoms with van der Waals surface area (Å²) in [6.07, 6.45) is 0.520. The molecule has 1 unspecified atom stereocenters. The third-order valence-electron chi connectivity index (χ3n) is 2.20. The Morgan fingerprint density at radius 1 is 1.40 bits per heavy atom. The van der Waals surface area contributed by atoms with E-state index in [-0.39, 0.29) is 0 Å². The molecule has 0 aliphatic carbocycles. The number of carboxylic acid groups (broad SMARTS) is 1. The number of carbonyl (C=O) groups excluding carboxylic acids is 1. The van der Waals surface area contributed by atoms with E-state index in [4.69, 9.17) is 9.84 Å². The van der Waals surface area contributed by atoms with Crippen molar-refractivity contribution >= 4 is 11.9 Å². The van der Waals surface area contributed by atoms with Crippen molar-refractivity contribution in [2.75, 3.05) is 6.54 Å². The molecule has 1 fully saturated rings. The van der Waals surface area contributed by atoms with Gasteiger partial charge in [-0.25, -0.2) is 0 Å². The molecule has 1 heterocycles. The van der Waals surface area contributed by atoms with Crippen molar-refractivity contribution in [1.29, 1.82) is 0 Å². The van der Waals surface area contributed by atoms with Crippen molar-refractivity contribution in [1.82, 2.24) is 5.32 Å². The van der Waals surface area contributed by atoms with Gasteiger partial charge in [-0.05, 0) is 33.7 Å². The number of carbonyl (C=O) groups is 2. The predicted octanol–water partition coefficient (Wildman–Crippen LogP) is 0.391. The van der Waals surface area contributed by atoms with Gasteiger partial charge >= 0.3 is 11.9 Å². The van der Waals surface area contributed by atoms with Crippen molar-refractivity contribution in [2.45, 2.75) is 38.8 Å². The van der Waals surface area contributed by atoms with E-state index < -0.39 is 29.5 Å². The average Bonchev–Trinajstić information content (AvgIpc) is 2.47.